The maximum absolute atomic E-state index is 12.9. The Morgan fingerprint density at radius 3 is 2.47 bits per heavy atom. The van der Waals surface area contributed by atoms with Gasteiger partial charge in [-0.05, 0) is 43.3 Å². The van der Waals surface area contributed by atoms with Crippen molar-refractivity contribution in [3.8, 4) is 0 Å². The van der Waals surface area contributed by atoms with E-state index in [1.165, 1.54) is 12.1 Å². The van der Waals surface area contributed by atoms with E-state index in [-0.39, 0.29) is 12.4 Å². The van der Waals surface area contributed by atoms with Crippen LogP contribution in [0.4, 0.5) is 15.9 Å². The Balaban J connectivity index is 2.39. The Labute approximate surface area is 116 Å². The molecule has 0 amide bonds. The molecular weight excluding hydrogens is 267 g/mol. The summed E-state index contributed by atoms with van der Waals surface area (Å²) in [6.45, 7) is 2.43. The van der Waals surface area contributed by atoms with Crippen molar-refractivity contribution in [2.45, 2.75) is 13.5 Å². The standard InChI is InChI=1S/C14H14ClFN2O/c1-2-18(11-5-3-10(16)4-6-11)14-8-7-12(15)13(9-19)17-14/h3-8,19H,2,9H2,1H3. The maximum atomic E-state index is 12.9. The molecule has 0 unspecified atom stereocenters. The van der Waals surface area contributed by atoms with Crippen LogP contribution in [0.3, 0.4) is 0 Å². The summed E-state index contributed by atoms with van der Waals surface area (Å²) in [4.78, 5) is 6.22. The quantitative estimate of drug-likeness (QED) is 0.931. The molecule has 0 saturated heterocycles. The second-order valence-electron chi connectivity index (χ2n) is 3.98. The zero-order chi connectivity index (χ0) is 13.8. The highest BCUT2D eigenvalue weighted by molar-refractivity contribution is 6.31. The molecule has 0 bridgehead atoms. The van der Waals surface area contributed by atoms with E-state index in [1.54, 1.807) is 24.3 Å². The highest BCUT2D eigenvalue weighted by atomic mass is 35.5. The molecule has 0 fully saturated rings. The molecule has 2 aromatic rings. The normalized spacial score (nSPS) is 10.5. The van der Waals surface area contributed by atoms with Gasteiger partial charge < -0.3 is 10.0 Å². The Morgan fingerprint density at radius 1 is 1.21 bits per heavy atom. The third-order valence-electron chi connectivity index (χ3n) is 2.78. The van der Waals surface area contributed by atoms with Crippen molar-refractivity contribution >= 4 is 23.1 Å². The zero-order valence-electron chi connectivity index (χ0n) is 10.5. The number of aliphatic hydroxyl groups excluding tert-OH is 1. The molecule has 0 spiro atoms. The summed E-state index contributed by atoms with van der Waals surface area (Å²) in [6, 6.07) is 9.65. The Hall–Kier alpha value is -1.65. The van der Waals surface area contributed by atoms with Crippen LogP contribution in [0.15, 0.2) is 36.4 Å². The smallest absolute Gasteiger partial charge is 0.133 e. The first-order valence-electron chi connectivity index (χ1n) is 5.95. The van der Waals surface area contributed by atoms with Crippen molar-refractivity contribution in [2.75, 3.05) is 11.4 Å². The summed E-state index contributed by atoms with van der Waals surface area (Å²) in [7, 11) is 0. The van der Waals surface area contributed by atoms with Crippen LogP contribution in [-0.4, -0.2) is 16.6 Å². The van der Waals surface area contributed by atoms with Gasteiger partial charge in [0.05, 0.1) is 17.3 Å². The van der Waals surface area contributed by atoms with Gasteiger partial charge in [-0.15, -0.1) is 0 Å². The summed E-state index contributed by atoms with van der Waals surface area (Å²) in [5, 5.41) is 9.62. The lowest BCUT2D eigenvalue weighted by Gasteiger charge is -2.22. The first kappa shape index (κ1) is 13.8. The molecular formula is C14H14ClFN2O. The van der Waals surface area contributed by atoms with E-state index >= 15 is 0 Å². The van der Waals surface area contributed by atoms with Gasteiger partial charge in [-0.3, -0.25) is 0 Å². The number of pyridine rings is 1. The van der Waals surface area contributed by atoms with E-state index in [4.69, 9.17) is 11.6 Å². The van der Waals surface area contributed by atoms with E-state index in [0.717, 1.165) is 5.69 Å². The molecule has 5 heteroatoms. The van der Waals surface area contributed by atoms with E-state index in [1.807, 2.05) is 11.8 Å². The number of halogens is 2. The molecule has 0 aliphatic heterocycles. The fraction of sp³-hybridized carbons (Fsp3) is 0.214. The number of hydrogen-bond donors (Lipinski definition) is 1. The average molecular weight is 281 g/mol. The monoisotopic (exact) mass is 280 g/mol. The van der Waals surface area contributed by atoms with Crippen LogP contribution in [0.2, 0.25) is 5.02 Å². The number of rotatable bonds is 4. The summed E-state index contributed by atoms with van der Waals surface area (Å²) in [5.74, 6) is 0.391. The fourth-order valence-electron chi connectivity index (χ4n) is 1.83. The molecule has 0 radical (unpaired) electrons. The minimum Gasteiger partial charge on any atom is -0.390 e. The molecule has 0 atom stereocenters. The molecule has 0 aliphatic rings. The SMILES string of the molecule is CCN(c1ccc(F)cc1)c1ccc(Cl)c(CO)n1. The van der Waals surface area contributed by atoms with Crippen molar-refractivity contribution in [1.82, 2.24) is 4.98 Å². The van der Waals surface area contributed by atoms with Gasteiger partial charge in [0.15, 0.2) is 0 Å². The Morgan fingerprint density at radius 2 is 1.89 bits per heavy atom. The zero-order valence-corrected chi connectivity index (χ0v) is 11.2. The van der Waals surface area contributed by atoms with Crippen LogP contribution >= 0.6 is 11.6 Å². The van der Waals surface area contributed by atoms with Gasteiger partial charge in [0.1, 0.15) is 11.6 Å². The van der Waals surface area contributed by atoms with Crippen LogP contribution < -0.4 is 4.90 Å². The van der Waals surface area contributed by atoms with Gasteiger partial charge >= 0.3 is 0 Å². The van der Waals surface area contributed by atoms with Crippen molar-refractivity contribution < 1.29 is 9.50 Å². The van der Waals surface area contributed by atoms with E-state index in [9.17, 15) is 9.50 Å². The predicted octanol–water partition coefficient (Wildman–Crippen LogP) is 3.52. The lowest BCUT2D eigenvalue weighted by molar-refractivity contribution is 0.277. The molecule has 1 heterocycles. The van der Waals surface area contributed by atoms with Crippen molar-refractivity contribution in [3.63, 3.8) is 0 Å². The van der Waals surface area contributed by atoms with Crippen LogP contribution in [0.5, 0.6) is 0 Å². The van der Waals surface area contributed by atoms with Crippen LogP contribution in [0.1, 0.15) is 12.6 Å². The molecule has 1 N–H and O–H groups in total. The van der Waals surface area contributed by atoms with E-state index in [0.29, 0.717) is 23.1 Å². The van der Waals surface area contributed by atoms with Crippen molar-refractivity contribution in [1.29, 1.82) is 0 Å². The first-order valence-corrected chi connectivity index (χ1v) is 6.33. The second-order valence-corrected chi connectivity index (χ2v) is 4.38. The minimum absolute atomic E-state index is 0.215. The molecule has 0 aliphatic carbocycles. The summed E-state index contributed by atoms with van der Waals surface area (Å²) >= 11 is 5.92. The van der Waals surface area contributed by atoms with Gasteiger partial charge in [-0.2, -0.15) is 0 Å². The summed E-state index contributed by atoms with van der Waals surface area (Å²) < 4.78 is 12.9. The Kier molecular flexibility index (Phi) is 4.35. The largest absolute Gasteiger partial charge is 0.390 e. The second kappa shape index (κ2) is 5.99. The molecule has 0 saturated carbocycles. The number of benzene rings is 1. The summed E-state index contributed by atoms with van der Waals surface area (Å²) in [5.41, 5.74) is 1.27. The lowest BCUT2D eigenvalue weighted by atomic mass is 10.2. The molecule has 1 aromatic heterocycles. The van der Waals surface area contributed by atoms with Crippen molar-refractivity contribution in [3.05, 3.63) is 52.9 Å². The van der Waals surface area contributed by atoms with Gasteiger partial charge in [-0.25, -0.2) is 9.37 Å². The van der Waals surface area contributed by atoms with Crippen LogP contribution in [0, 0.1) is 5.82 Å². The summed E-state index contributed by atoms with van der Waals surface area (Å²) in [6.07, 6.45) is 0. The number of anilines is 2. The fourth-order valence-corrected chi connectivity index (χ4v) is 2.00. The highest BCUT2D eigenvalue weighted by Crippen LogP contribution is 2.26. The van der Waals surface area contributed by atoms with Crippen LogP contribution in [0.25, 0.3) is 0 Å². The maximum Gasteiger partial charge on any atom is 0.133 e. The number of nitrogens with zero attached hydrogens (tertiary/aromatic N) is 2. The first-order chi connectivity index (χ1) is 9.15. The number of aromatic nitrogens is 1. The van der Waals surface area contributed by atoms with Gasteiger partial charge in [0.25, 0.3) is 0 Å². The molecule has 1 aromatic carbocycles. The molecule has 3 nitrogen and oxygen atoms in total. The number of hydrogen-bond acceptors (Lipinski definition) is 3. The van der Waals surface area contributed by atoms with E-state index in [2.05, 4.69) is 4.98 Å². The van der Waals surface area contributed by atoms with Gasteiger partial charge in [-0.1, -0.05) is 11.6 Å². The number of aliphatic hydroxyl groups is 1. The third kappa shape index (κ3) is 3.03. The topological polar surface area (TPSA) is 36.4 Å². The molecule has 100 valence electrons. The lowest BCUT2D eigenvalue weighted by Crippen LogP contribution is -2.17. The van der Waals surface area contributed by atoms with Gasteiger partial charge in [0, 0.05) is 12.2 Å². The molecule has 19 heavy (non-hydrogen) atoms. The predicted molar refractivity (Wildman–Crippen MR) is 74.2 cm³/mol. The Bertz CT molecular complexity index is 560. The van der Waals surface area contributed by atoms with Gasteiger partial charge in [0.2, 0.25) is 0 Å². The van der Waals surface area contributed by atoms with Crippen molar-refractivity contribution in [2.24, 2.45) is 0 Å². The molecule has 2 rings (SSSR count). The minimum atomic E-state index is -0.278. The third-order valence-corrected chi connectivity index (χ3v) is 3.13. The average Bonchev–Trinajstić information content (AvgIpc) is 2.43. The highest BCUT2D eigenvalue weighted by Gasteiger charge is 2.11. The van der Waals surface area contributed by atoms with E-state index < -0.39 is 0 Å². The van der Waals surface area contributed by atoms with Crippen LogP contribution in [-0.2, 0) is 6.61 Å².